The largest absolute Gasteiger partial charge is 0.385 e. The van der Waals surface area contributed by atoms with Crippen LogP contribution in [0.4, 0.5) is 5.82 Å². The second kappa shape index (κ2) is 9.43. The first kappa shape index (κ1) is 19.3. The molecule has 0 atom stereocenters. The normalized spacial score (nSPS) is 15.0. The van der Waals surface area contributed by atoms with Gasteiger partial charge in [-0.2, -0.15) is 0 Å². The Labute approximate surface area is 160 Å². The number of hydrogen-bond acceptors (Lipinski definition) is 6. The van der Waals surface area contributed by atoms with E-state index in [0.717, 1.165) is 44.0 Å². The molecule has 0 spiro atoms. The third kappa shape index (κ3) is 5.24. The Bertz CT molecular complexity index is 745. The van der Waals surface area contributed by atoms with Crippen molar-refractivity contribution >= 4 is 11.7 Å². The number of piperazine rings is 1. The fourth-order valence-corrected chi connectivity index (χ4v) is 2.97. The molecule has 1 aromatic heterocycles. The number of aromatic nitrogens is 2. The van der Waals surface area contributed by atoms with Crippen molar-refractivity contribution in [3.05, 3.63) is 42.1 Å². The van der Waals surface area contributed by atoms with Crippen LogP contribution in [-0.2, 0) is 4.74 Å². The maximum Gasteiger partial charge on any atom is 0.270 e. The molecular formula is C20H27N5O2. The number of hydrogen-bond donors (Lipinski definition) is 1. The molecular weight excluding hydrogens is 342 g/mol. The minimum Gasteiger partial charge on any atom is -0.385 e. The van der Waals surface area contributed by atoms with E-state index in [1.807, 2.05) is 30.3 Å². The van der Waals surface area contributed by atoms with Crippen LogP contribution in [0.15, 0.2) is 36.4 Å². The first-order chi connectivity index (χ1) is 13.2. The number of methoxy groups -OCH3 is 1. The third-order valence-corrected chi connectivity index (χ3v) is 4.62. The van der Waals surface area contributed by atoms with Gasteiger partial charge in [-0.3, -0.25) is 4.79 Å². The summed E-state index contributed by atoms with van der Waals surface area (Å²) in [5, 5.41) is 2.91. The summed E-state index contributed by atoms with van der Waals surface area (Å²) >= 11 is 0. The second-order valence-electron chi connectivity index (χ2n) is 6.69. The quantitative estimate of drug-likeness (QED) is 0.749. The SMILES string of the molecule is COCCCNC(=O)c1cc(N2CCN(C)CC2)nc(-c2ccccc2)n1. The van der Waals surface area contributed by atoms with E-state index in [9.17, 15) is 4.79 Å². The number of ether oxygens (including phenoxy) is 1. The number of likely N-dealkylation sites (N-methyl/N-ethyl adjacent to an activating group) is 1. The lowest BCUT2D eigenvalue weighted by atomic mass is 10.2. The van der Waals surface area contributed by atoms with E-state index in [0.29, 0.717) is 24.7 Å². The minimum absolute atomic E-state index is 0.180. The van der Waals surface area contributed by atoms with E-state index in [1.54, 1.807) is 13.2 Å². The van der Waals surface area contributed by atoms with Gasteiger partial charge >= 0.3 is 0 Å². The van der Waals surface area contributed by atoms with Crippen LogP contribution in [0.25, 0.3) is 11.4 Å². The van der Waals surface area contributed by atoms with Crippen LogP contribution in [0.2, 0.25) is 0 Å². The van der Waals surface area contributed by atoms with Crippen molar-refractivity contribution < 1.29 is 9.53 Å². The molecule has 3 rings (SSSR count). The van der Waals surface area contributed by atoms with Gasteiger partial charge in [0.15, 0.2) is 5.82 Å². The standard InChI is InChI=1S/C20H27N5O2/c1-24-10-12-25(13-11-24)18-15-17(20(26)21-9-6-14-27-2)22-19(23-18)16-7-4-3-5-8-16/h3-5,7-8,15H,6,9-14H2,1-2H3,(H,21,26). The van der Waals surface area contributed by atoms with E-state index in [2.05, 4.69) is 27.1 Å². The lowest BCUT2D eigenvalue weighted by molar-refractivity contribution is 0.0943. The van der Waals surface area contributed by atoms with Gasteiger partial charge in [0.1, 0.15) is 11.5 Å². The van der Waals surface area contributed by atoms with Crippen molar-refractivity contribution in [3.8, 4) is 11.4 Å². The number of anilines is 1. The van der Waals surface area contributed by atoms with E-state index in [1.165, 1.54) is 0 Å². The minimum atomic E-state index is -0.180. The van der Waals surface area contributed by atoms with E-state index in [-0.39, 0.29) is 5.91 Å². The van der Waals surface area contributed by atoms with Crippen LogP contribution in [0.5, 0.6) is 0 Å². The molecule has 1 N–H and O–H groups in total. The molecule has 1 amide bonds. The zero-order valence-corrected chi connectivity index (χ0v) is 16.0. The molecule has 0 bridgehead atoms. The first-order valence-corrected chi connectivity index (χ1v) is 9.32. The highest BCUT2D eigenvalue weighted by molar-refractivity contribution is 5.93. The molecule has 1 aromatic carbocycles. The highest BCUT2D eigenvalue weighted by Gasteiger charge is 2.19. The molecule has 0 aliphatic carbocycles. The highest BCUT2D eigenvalue weighted by Crippen LogP contribution is 2.21. The lowest BCUT2D eigenvalue weighted by Gasteiger charge is -2.33. The van der Waals surface area contributed by atoms with Gasteiger partial charge in [-0.25, -0.2) is 9.97 Å². The summed E-state index contributed by atoms with van der Waals surface area (Å²) in [6.45, 7) is 4.90. The molecule has 27 heavy (non-hydrogen) atoms. The number of rotatable bonds is 7. The van der Waals surface area contributed by atoms with Gasteiger partial charge in [-0.15, -0.1) is 0 Å². The van der Waals surface area contributed by atoms with Gasteiger partial charge in [0.05, 0.1) is 0 Å². The van der Waals surface area contributed by atoms with Crippen LogP contribution in [0.3, 0.4) is 0 Å². The van der Waals surface area contributed by atoms with E-state index < -0.39 is 0 Å². The van der Waals surface area contributed by atoms with Crippen LogP contribution in [-0.4, -0.2) is 74.3 Å². The molecule has 1 saturated heterocycles. The molecule has 0 saturated carbocycles. The van der Waals surface area contributed by atoms with Crippen molar-refractivity contribution in [3.63, 3.8) is 0 Å². The predicted molar refractivity (Wildman–Crippen MR) is 106 cm³/mol. The summed E-state index contributed by atoms with van der Waals surface area (Å²) in [6.07, 6.45) is 0.768. The molecule has 0 unspecified atom stereocenters. The first-order valence-electron chi connectivity index (χ1n) is 9.32. The molecule has 2 aromatic rings. The second-order valence-corrected chi connectivity index (χ2v) is 6.69. The van der Waals surface area contributed by atoms with E-state index in [4.69, 9.17) is 9.72 Å². The van der Waals surface area contributed by atoms with Crippen LogP contribution in [0, 0.1) is 0 Å². The Hall–Kier alpha value is -2.51. The molecule has 2 heterocycles. The Morgan fingerprint density at radius 2 is 1.89 bits per heavy atom. The summed E-state index contributed by atoms with van der Waals surface area (Å²) < 4.78 is 5.03. The van der Waals surface area contributed by atoms with Crippen molar-refractivity contribution in [2.24, 2.45) is 0 Å². The van der Waals surface area contributed by atoms with Crippen molar-refractivity contribution in [2.75, 3.05) is 58.4 Å². The van der Waals surface area contributed by atoms with Crippen LogP contribution in [0.1, 0.15) is 16.9 Å². The zero-order valence-electron chi connectivity index (χ0n) is 16.0. The smallest absolute Gasteiger partial charge is 0.270 e. The fourth-order valence-electron chi connectivity index (χ4n) is 2.97. The number of carbonyl (C=O) groups is 1. The summed E-state index contributed by atoms with van der Waals surface area (Å²) in [5.41, 5.74) is 1.30. The Morgan fingerprint density at radius 1 is 1.15 bits per heavy atom. The number of nitrogens with one attached hydrogen (secondary N) is 1. The van der Waals surface area contributed by atoms with Crippen LogP contribution < -0.4 is 10.2 Å². The van der Waals surface area contributed by atoms with Gasteiger partial charge < -0.3 is 19.9 Å². The average Bonchev–Trinajstić information content (AvgIpc) is 2.72. The summed E-state index contributed by atoms with van der Waals surface area (Å²) in [4.78, 5) is 26.4. The third-order valence-electron chi connectivity index (χ3n) is 4.62. The molecule has 0 radical (unpaired) electrons. The van der Waals surface area contributed by atoms with Crippen molar-refractivity contribution in [1.29, 1.82) is 0 Å². The number of amides is 1. The predicted octanol–water partition coefficient (Wildman–Crippen LogP) is 1.66. The molecule has 1 aliphatic heterocycles. The topological polar surface area (TPSA) is 70.6 Å². The average molecular weight is 369 g/mol. The summed E-state index contributed by atoms with van der Waals surface area (Å²) in [6, 6.07) is 11.6. The number of nitrogens with zero attached hydrogens (tertiary/aromatic N) is 4. The van der Waals surface area contributed by atoms with Crippen molar-refractivity contribution in [1.82, 2.24) is 20.2 Å². The number of benzene rings is 1. The van der Waals surface area contributed by atoms with Gasteiger partial charge in [0.2, 0.25) is 0 Å². The summed E-state index contributed by atoms with van der Waals surface area (Å²) in [7, 11) is 3.77. The Kier molecular flexibility index (Phi) is 6.73. The van der Waals surface area contributed by atoms with Gasteiger partial charge in [-0.1, -0.05) is 30.3 Å². The maximum absolute atomic E-state index is 12.6. The van der Waals surface area contributed by atoms with Gasteiger partial charge in [0.25, 0.3) is 5.91 Å². The molecule has 7 heteroatoms. The molecule has 1 aliphatic rings. The van der Waals surface area contributed by atoms with Gasteiger partial charge in [0, 0.05) is 58.1 Å². The number of carbonyl (C=O) groups excluding carboxylic acids is 1. The molecule has 144 valence electrons. The van der Waals surface area contributed by atoms with E-state index >= 15 is 0 Å². The zero-order chi connectivity index (χ0) is 19.1. The molecule has 1 fully saturated rings. The van der Waals surface area contributed by atoms with Crippen molar-refractivity contribution in [2.45, 2.75) is 6.42 Å². The lowest BCUT2D eigenvalue weighted by Crippen LogP contribution is -2.45. The Balaban J connectivity index is 1.85. The monoisotopic (exact) mass is 369 g/mol. The summed E-state index contributed by atoms with van der Waals surface area (Å²) in [5.74, 6) is 1.20. The fraction of sp³-hybridized carbons (Fsp3) is 0.450. The highest BCUT2D eigenvalue weighted by atomic mass is 16.5. The molecule has 7 nitrogen and oxygen atoms in total. The van der Waals surface area contributed by atoms with Crippen LogP contribution >= 0.6 is 0 Å². The maximum atomic E-state index is 12.6. The van der Waals surface area contributed by atoms with Gasteiger partial charge in [-0.05, 0) is 13.5 Å². The Morgan fingerprint density at radius 3 is 2.59 bits per heavy atom.